The van der Waals surface area contributed by atoms with E-state index in [1.165, 1.54) is 0 Å². The van der Waals surface area contributed by atoms with Gasteiger partial charge in [-0.3, -0.25) is 4.79 Å². The third-order valence-electron chi connectivity index (χ3n) is 3.00. The number of nitrogens with one attached hydrogen (secondary N) is 1. The standard InChI is InChI=1S/C16H16ClNO3S/c17-15-8-6-13(7-9-15)10-16(19)11-18-22(20,21)12-14-4-2-1-3-5-14/h1-9,18H,10-12H2. The number of carbonyl (C=O) groups is 1. The highest BCUT2D eigenvalue weighted by molar-refractivity contribution is 7.88. The number of Topliss-reactive ketones (excluding diaryl/α,β-unsaturated/α-hetero) is 1. The van der Waals surface area contributed by atoms with Gasteiger partial charge in [0.2, 0.25) is 10.0 Å². The van der Waals surface area contributed by atoms with E-state index in [4.69, 9.17) is 11.6 Å². The second kappa shape index (κ2) is 7.54. The van der Waals surface area contributed by atoms with Crippen molar-refractivity contribution in [3.63, 3.8) is 0 Å². The molecule has 0 aliphatic heterocycles. The fourth-order valence-corrected chi connectivity index (χ4v) is 3.17. The van der Waals surface area contributed by atoms with Gasteiger partial charge >= 0.3 is 0 Å². The second-order valence-electron chi connectivity index (χ2n) is 4.91. The Labute approximate surface area is 135 Å². The third kappa shape index (κ3) is 5.60. The van der Waals surface area contributed by atoms with E-state index in [0.29, 0.717) is 10.6 Å². The SMILES string of the molecule is O=C(CNS(=O)(=O)Cc1ccccc1)Cc1ccc(Cl)cc1. The molecule has 0 radical (unpaired) electrons. The summed E-state index contributed by atoms with van der Waals surface area (Å²) < 4.78 is 26.2. The van der Waals surface area contributed by atoms with Gasteiger partial charge < -0.3 is 0 Å². The van der Waals surface area contributed by atoms with Crippen LogP contribution in [-0.4, -0.2) is 20.7 Å². The van der Waals surface area contributed by atoms with Crippen LogP contribution in [0.25, 0.3) is 0 Å². The Bertz CT molecular complexity index is 728. The van der Waals surface area contributed by atoms with E-state index in [2.05, 4.69) is 4.72 Å². The van der Waals surface area contributed by atoms with Crippen molar-refractivity contribution in [2.45, 2.75) is 12.2 Å². The van der Waals surface area contributed by atoms with Crippen LogP contribution in [0.2, 0.25) is 5.02 Å². The summed E-state index contributed by atoms with van der Waals surface area (Å²) in [5, 5.41) is 0.597. The maximum atomic E-state index is 11.9. The molecule has 2 aromatic carbocycles. The Balaban J connectivity index is 1.86. The van der Waals surface area contributed by atoms with Gasteiger partial charge in [0.25, 0.3) is 0 Å². The first-order valence-corrected chi connectivity index (χ1v) is 8.75. The van der Waals surface area contributed by atoms with Crippen LogP contribution in [0.15, 0.2) is 54.6 Å². The first kappa shape index (κ1) is 16.7. The van der Waals surface area contributed by atoms with Crippen molar-refractivity contribution < 1.29 is 13.2 Å². The van der Waals surface area contributed by atoms with Crippen LogP contribution in [0.4, 0.5) is 0 Å². The molecule has 0 unspecified atom stereocenters. The van der Waals surface area contributed by atoms with E-state index in [1.807, 2.05) is 6.07 Å². The van der Waals surface area contributed by atoms with E-state index >= 15 is 0 Å². The van der Waals surface area contributed by atoms with E-state index < -0.39 is 10.0 Å². The van der Waals surface area contributed by atoms with Gasteiger partial charge in [-0.1, -0.05) is 54.1 Å². The highest BCUT2D eigenvalue weighted by Gasteiger charge is 2.13. The van der Waals surface area contributed by atoms with Gasteiger partial charge in [-0.15, -0.1) is 0 Å². The van der Waals surface area contributed by atoms with Crippen LogP contribution >= 0.6 is 11.6 Å². The summed E-state index contributed by atoms with van der Waals surface area (Å²) in [6.07, 6.45) is 0.172. The van der Waals surface area contributed by atoms with Crippen molar-refractivity contribution in [2.75, 3.05) is 6.54 Å². The van der Waals surface area contributed by atoms with Crippen LogP contribution in [-0.2, 0) is 27.0 Å². The van der Waals surface area contributed by atoms with Crippen molar-refractivity contribution in [1.29, 1.82) is 0 Å². The maximum Gasteiger partial charge on any atom is 0.216 e. The molecule has 0 bridgehead atoms. The largest absolute Gasteiger partial charge is 0.298 e. The van der Waals surface area contributed by atoms with Crippen LogP contribution in [0, 0.1) is 0 Å². The summed E-state index contributed by atoms with van der Waals surface area (Å²) in [5.41, 5.74) is 1.48. The molecule has 0 heterocycles. The number of carbonyl (C=O) groups excluding carboxylic acids is 1. The molecule has 1 N–H and O–H groups in total. The van der Waals surface area contributed by atoms with Crippen LogP contribution in [0.3, 0.4) is 0 Å². The van der Waals surface area contributed by atoms with Crippen molar-refractivity contribution in [2.24, 2.45) is 0 Å². The molecular weight excluding hydrogens is 322 g/mol. The summed E-state index contributed by atoms with van der Waals surface area (Å²) in [4.78, 5) is 11.8. The zero-order valence-electron chi connectivity index (χ0n) is 11.8. The maximum absolute atomic E-state index is 11.9. The first-order valence-electron chi connectivity index (χ1n) is 6.72. The number of benzene rings is 2. The molecule has 0 saturated heterocycles. The number of sulfonamides is 1. The van der Waals surface area contributed by atoms with Gasteiger partial charge in [0.05, 0.1) is 12.3 Å². The summed E-state index contributed by atoms with van der Waals surface area (Å²) in [6.45, 7) is -0.211. The van der Waals surface area contributed by atoms with Crippen LogP contribution in [0.1, 0.15) is 11.1 Å². The van der Waals surface area contributed by atoms with Crippen molar-refractivity contribution in [3.05, 3.63) is 70.7 Å². The fourth-order valence-electron chi connectivity index (χ4n) is 1.93. The zero-order chi connectivity index (χ0) is 16.0. The number of halogens is 1. The van der Waals surface area contributed by atoms with Gasteiger partial charge in [-0.25, -0.2) is 13.1 Å². The minimum absolute atomic E-state index is 0.137. The van der Waals surface area contributed by atoms with Gasteiger partial charge in [0.1, 0.15) is 0 Å². The molecule has 22 heavy (non-hydrogen) atoms. The van der Waals surface area contributed by atoms with Gasteiger partial charge in [0, 0.05) is 11.4 Å². The molecule has 4 nitrogen and oxygen atoms in total. The van der Waals surface area contributed by atoms with E-state index in [0.717, 1.165) is 5.56 Å². The minimum atomic E-state index is -3.52. The Morgan fingerprint density at radius 2 is 1.59 bits per heavy atom. The van der Waals surface area contributed by atoms with Gasteiger partial charge in [-0.05, 0) is 23.3 Å². The molecule has 2 rings (SSSR count). The smallest absolute Gasteiger partial charge is 0.216 e. The topological polar surface area (TPSA) is 63.2 Å². The number of ketones is 1. The molecule has 116 valence electrons. The lowest BCUT2D eigenvalue weighted by Gasteiger charge is -2.06. The number of rotatable bonds is 7. The lowest BCUT2D eigenvalue weighted by molar-refractivity contribution is -0.117. The summed E-state index contributed by atoms with van der Waals surface area (Å²) >= 11 is 5.77. The predicted octanol–water partition coefficient (Wildman–Crippen LogP) is 2.57. The molecular formula is C16H16ClNO3S. The number of hydrogen-bond acceptors (Lipinski definition) is 3. The lowest BCUT2D eigenvalue weighted by atomic mass is 10.1. The summed E-state index contributed by atoms with van der Waals surface area (Å²) in [5.74, 6) is -0.332. The quantitative estimate of drug-likeness (QED) is 0.844. The Hall–Kier alpha value is -1.69. The molecule has 0 fully saturated rings. The molecule has 6 heteroatoms. The van der Waals surface area contributed by atoms with Crippen molar-refractivity contribution >= 4 is 27.4 Å². The average molecular weight is 338 g/mol. The van der Waals surface area contributed by atoms with E-state index in [-0.39, 0.29) is 24.5 Å². The first-order chi connectivity index (χ1) is 10.4. The van der Waals surface area contributed by atoms with Gasteiger partial charge in [0.15, 0.2) is 5.78 Å². The molecule has 0 amide bonds. The zero-order valence-corrected chi connectivity index (χ0v) is 13.4. The molecule has 0 atom stereocenters. The predicted molar refractivity (Wildman–Crippen MR) is 87.2 cm³/mol. The molecule has 0 spiro atoms. The Morgan fingerprint density at radius 1 is 0.955 bits per heavy atom. The van der Waals surface area contributed by atoms with Crippen LogP contribution < -0.4 is 4.72 Å². The number of hydrogen-bond donors (Lipinski definition) is 1. The van der Waals surface area contributed by atoms with Crippen molar-refractivity contribution in [3.8, 4) is 0 Å². The molecule has 2 aromatic rings. The monoisotopic (exact) mass is 337 g/mol. The molecule has 0 aromatic heterocycles. The third-order valence-corrected chi connectivity index (χ3v) is 4.55. The molecule has 0 aliphatic carbocycles. The normalized spacial score (nSPS) is 11.3. The minimum Gasteiger partial charge on any atom is -0.298 e. The average Bonchev–Trinajstić information content (AvgIpc) is 2.48. The van der Waals surface area contributed by atoms with E-state index in [1.54, 1.807) is 48.5 Å². The van der Waals surface area contributed by atoms with Crippen LogP contribution in [0.5, 0.6) is 0 Å². The Morgan fingerprint density at radius 3 is 2.23 bits per heavy atom. The summed E-state index contributed by atoms with van der Waals surface area (Å²) in [6, 6.07) is 15.7. The molecule has 0 aliphatic rings. The van der Waals surface area contributed by atoms with E-state index in [9.17, 15) is 13.2 Å². The second-order valence-corrected chi connectivity index (χ2v) is 7.15. The highest BCUT2D eigenvalue weighted by atomic mass is 35.5. The molecule has 0 saturated carbocycles. The summed E-state index contributed by atoms with van der Waals surface area (Å²) in [7, 11) is -3.52. The Kier molecular flexibility index (Phi) is 5.71. The van der Waals surface area contributed by atoms with Gasteiger partial charge in [-0.2, -0.15) is 0 Å². The van der Waals surface area contributed by atoms with Crippen molar-refractivity contribution in [1.82, 2.24) is 4.72 Å². The highest BCUT2D eigenvalue weighted by Crippen LogP contribution is 2.10. The fraction of sp³-hybridized carbons (Fsp3) is 0.188. The lowest BCUT2D eigenvalue weighted by Crippen LogP contribution is -2.31.